The van der Waals surface area contributed by atoms with E-state index in [1.165, 1.54) is 13.0 Å². The van der Waals surface area contributed by atoms with Gasteiger partial charge in [-0.2, -0.15) is 0 Å². The molecule has 4 heteroatoms. The minimum atomic E-state index is -0.461. The van der Waals surface area contributed by atoms with Crippen molar-refractivity contribution in [1.82, 2.24) is 5.32 Å². The maximum atomic E-state index is 13.7. The highest BCUT2D eigenvalue weighted by Gasteiger charge is 2.18. The quantitative estimate of drug-likeness (QED) is 0.787. The summed E-state index contributed by atoms with van der Waals surface area (Å²) in [5.74, 6) is -0.884. The van der Waals surface area contributed by atoms with Gasteiger partial charge in [-0.05, 0) is 19.9 Å². The maximum absolute atomic E-state index is 13.7. The number of nitrogens with zero attached hydrogens (tertiary/aromatic N) is 1. The van der Waals surface area contributed by atoms with Gasteiger partial charge in [-0.25, -0.2) is 8.78 Å². The highest BCUT2D eigenvalue weighted by Crippen LogP contribution is 2.27. The van der Waals surface area contributed by atoms with Gasteiger partial charge in [0.25, 0.3) is 0 Å². The van der Waals surface area contributed by atoms with Gasteiger partial charge >= 0.3 is 0 Å². The van der Waals surface area contributed by atoms with Crippen LogP contribution in [0.3, 0.4) is 0 Å². The number of rotatable bonds is 1. The molecule has 2 rings (SSSR count). The average molecular weight is 226 g/mol. The summed E-state index contributed by atoms with van der Waals surface area (Å²) in [6, 6.07) is 1.44. The van der Waals surface area contributed by atoms with Crippen LogP contribution in [0.2, 0.25) is 0 Å². The fourth-order valence-corrected chi connectivity index (χ4v) is 2.07. The third-order valence-electron chi connectivity index (χ3n) is 3.12. The van der Waals surface area contributed by atoms with Gasteiger partial charge in [-0.15, -0.1) is 0 Å². The molecule has 88 valence electrons. The van der Waals surface area contributed by atoms with Crippen molar-refractivity contribution in [3.63, 3.8) is 0 Å². The third-order valence-corrected chi connectivity index (χ3v) is 3.12. The Balaban J connectivity index is 2.40. The van der Waals surface area contributed by atoms with E-state index in [4.69, 9.17) is 0 Å². The molecule has 1 saturated heterocycles. The number of halogens is 2. The molecule has 1 aliphatic heterocycles. The molecule has 0 aromatic heterocycles. The first-order valence-corrected chi connectivity index (χ1v) is 5.52. The second-order valence-electron chi connectivity index (χ2n) is 4.18. The third kappa shape index (κ3) is 1.89. The van der Waals surface area contributed by atoms with Gasteiger partial charge in [-0.1, -0.05) is 0 Å². The summed E-state index contributed by atoms with van der Waals surface area (Å²) in [6.45, 7) is 6.48. The van der Waals surface area contributed by atoms with Crippen LogP contribution in [0.15, 0.2) is 6.07 Å². The Morgan fingerprint density at radius 1 is 1.12 bits per heavy atom. The Morgan fingerprint density at radius 2 is 1.75 bits per heavy atom. The van der Waals surface area contributed by atoms with E-state index in [0.717, 1.165) is 26.2 Å². The summed E-state index contributed by atoms with van der Waals surface area (Å²) >= 11 is 0. The van der Waals surface area contributed by atoms with Crippen LogP contribution in [-0.2, 0) is 0 Å². The van der Waals surface area contributed by atoms with Crippen LogP contribution in [-0.4, -0.2) is 26.2 Å². The molecule has 0 spiro atoms. The minimum absolute atomic E-state index is 0.108. The van der Waals surface area contributed by atoms with E-state index in [1.54, 1.807) is 6.92 Å². The first-order chi connectivity index (χ1) is 7.61. The Labute approximate surface area is 94.3 Å². The van der Waals surface area contributed by atoms with E-state index in [1.807, 2.05) is 4.90 Å². The van der Waals surface area contributed by atoms with Crippen LogP contribution < -0.4 is 10.2 Å². The van der Waals surface area contributed by atoms with Crippen LogP contribution >= 0.6 is 0 Å². The minimum Gasteiger partial charge on any atom is -0.369 e. The average Bonchev–Trinajstić information content (AvgIpc) is 2.32. The molecule has 1 fully saturated rings. The van der Waals surface area contributed by atoms with Crippen LogP contribution in [0.5, 0.6) is 0 Å². The summed E-state index contributed by atoms with van der Waals surface area (Å²) in [4.78, 5) is 2.03. The van der Waals surface area contributed by atoms with Crippen LogP contribution in [0.4, 0.5) is 14.5 Å². The molecule has 1 aromatic carbocycles. The smallest absolute Gasteiger partial charge is 0.134 e. The zero-order valence-corrected chi connectivity index (χ0v) is 9.61. The normalized spacial score (nSPS) is 16.6. The maximum Gasteiger partial charge on any atom is 0.134 e. The largest absolute Gasteiger partial charge is 0.369 e. The fourth-order valence-electron chi connectivity index (χ4n) is 2.07. The van der Waals surface area contributed by atoms with Crippen molar-refractivity contribution in [3.05, 3.63) is 28.8 Å². The molecule has 1 aliphatic rings. The molecule has 0 radical (unpaired) electrons. The molecular weight excluding hydrogens is 210 g/mol. The molecule has 0 unspecified atom stereocenters. The van der Waals surface area contributed by atoms with Crippen LogP contribution in [0.1, 0.15) is 11.1 Å². The Hall–Kier alpha value is -1.16. The molecule has 1 heterocycles. The highest BCUT2D eigenvalue weighted by atomic mass is 19.1. The van der Waals surface area contributed by atoms with E-state index in [2.05, 4.69) is 5.32 Å². The Morgan fingerprint density at radius 3 is 2.38 bits per heavy atom. The summed E-state index contributed by atoms with van der Waals surface area (Å²) in [6.07, 6.45) is 0. The first-order valence-electron chi connectivity index (χ1n) is 5.52. The molecule has 1 N–H and O–H groups in total. The van der Waals surface area contributed by atoms with Gasteiger partial charge in [0.2, 0.25) is 0 Å². The molecule has 0 amide bonds. The van der Waals surface area contributed by atoms with Crippen molar-refractivity contribution in [3.8, 4) is 0 Å². The molecule has 0 atom stereocenters. The molecule has 0 bridgehead atoms. The van der Waals surface area contributed by atoms with Crippen LogP contribution in [0, 0.1) is 25.5 Å². The van der Waals surface area contributed by atoms with Crippen molar-refractivity contribution in [2.24, 2.45) is 0 Å². The summed E-state index contributed by atoms with van der Waals surface area (Å²) in [5.41, 5.74) is 1.33. The molecule has 2 nitrogen and oxygen atoms in total. The monoisotopic (exact) mass is 226 g/mol. The second-order valence-corrected chi connectivity index (χ2v) is 4.18. The number of benzene rings is 1. The lowest BCUT2D eigenvalue weighted by Crippen LogP contribution is -2.44. The van der Waals surface area contributed by atoms with E-state index in [0.29, 0.717) is 11.3 Å². The molecule has 0 aliphatic carbocycles. The van der Waals surface area contributed by atoms with Gasteiger partial charge in [-0.3, -0.25) is 0 Å². The van der Waals surface area contributed by atoms with Crippen LogP contribution in [0.25, 0.3) is 0 Å². The number of anilines is 1. The van der Waals surface area contributed by atoms with Gasteiger partial charge in [0.1, 0.15) is 11.6 Å². The fraction of sp³-hybridized carbons (Fsp3) is 0.500. The summed E-state index contributed by atoms with van der Waals surface area (Å²) in [5, 5.41) is 3.22. The Bertz CT molecular complexity index is 398. The second kappa shape index (κ2) is 4.37. The predicted molar refractivity (Wildman–Crippen MR) is 60.9 cm³/mol. The lowest BCUT2D eigenvalue weighted by Gasteiger charge is -2.31. The number of nitrogens with one attached hydrogen (secondary N) is 1. The van der Waals surface area contributed by atoms with Gasteiger partial charge < -0.3 is 10.2 Å². The summed E-state index contributed by atoms with van der Waals surface area (Å²) in [7, 11) is 0. The molecule has 0 saturated carbocycles. The van der Waals surface area contributed by atoms with Gasteiger partial charge in [0.05, 0.1) is 0 Å². The van der Waals surface area contributed by atoms with E-state index < -0.39 is 11.6 Å². The predicted octanol–water partition coefficient (Wildman–Crippen LogP) is 1.99. The zero-order valence-electron chi connectivity index (χ0n) is 9.61. The van der Waals surface area contributed by atoms with Crippen molar-refractivity contribution in [2.75, 3.05) is 31.1 Å². The molecular formula is C12H16F2N2. The number of piperazine rings is 1. The standard InChI is InChI=1S/C12H16F2N2/c1-8-10(13)7-11(9(2)12(8)14)16-5-3-15-4-6-16/h7,15H,3-6H2,1-2H3. The van der Waals surface area contributed by atoms with Gasteiger partial charge in [0.15, 0.2) is 0 Å². The lowest BCUT2D eigenvalue weighted by atomic mass is 10.1. The first kappa shape index (κ1) is 11.3. The lowest BCUT2D eigenvalue weighted by molar-refractivity contribution is 0.552. The van der Waals surface area contributed by atoms with E-state index in [9.17, 15) is 8.78 Å². The molecule has 16 heavy (non-hydrogen) atoms. The SMILES string of the molecule is Cc1c(F)cc(N2CCNCC2)c(C)c1F. The van der Waals surface area contributed by atoms with Crippen molar-refractivity contribution in [1.29, 1.82) is 0 Å². The van der Waals surface area contributed by atoms with Crippen molar-refractivity contribution >= 4 is 5.69 Å². The number of hydrogen-bond acceptors (Lipinski definition) is 2. The van der Waals surface area contributed by atoms with E-state index in [-0.39, 0.29) is 5.56 Å². The zero-order chi connectivity index (χ0) is 11.7. The van der Waals surface area contributed by atoms with E-state index >= 15 is 0 Å². The summed E-state index contributed by atoms with van der Waals surface area (Å²) < 4.78 is 27.2. The Kier molecular flexibility index (Phi) is 3.10. The van der Waals surface area contributed by atoms with Gasteiger partial charge in [0, 0.05) is 43.0 Å². The molecule has 1 aromatic rings. The van der Waals surface area contributed by atoms with Crippen molar-refractivity contribution in [2.45, 2.75) is 13.8 Å². The highest BCUT2D eigenvalue weighted by molar-refractivity contribution is 5.56. The number of hydrogen-bond donors (Lipinski definition) is 1. The topological polar surface area (TPSA) is 15.3 Å². The van der Waals surface area contributed by atoms with Crippen molar-refractivity contribution < 1.29 is 8.78 Å².